The van der Waals surface area contributed by atoms with Crippen molar-refractivity contribution in [3.8, 4) is 28.7 Å². The number of thioether (sulfide) groups is 1. The highest BCUT2D eigenvalue weighted by Gasteiger charge is 2.32. The molecule has 1 saturated heterocycles. The summed E-state index contributed by atoms with van der Waals surface area (Å²) in [5.41, 5.74) is 0.476. The first-order chi connectivity index (χ1) is 14.1. The van der Waals surface area contributed by atoms with Crippen LogP contribution in [0.3, 0.4) is 0 Å². The summed E-state index contributed by atoms with van der Waals surface area (Å²) < 4.78 is 27.3. The van der Waals surface area contributed by atoms with Gasteiger partial charge in [0.05, 0.1) is 28.4 Å². The first-order valence-corrected chi connectivity index (χ1v) is 10.2. The second kappa shape index (κ2) is 9.65. The van der Waals surface area contributed by atoms with Gasteiger partial charge >= 0.3 is 0 Å². The summed E-state index contributed by atoms with van der Waals surface area (Å²) in [7, 11) is 6.19. The van der Waals surface area contributed by atoms with Crippen molar-refractivity contribution in [2.45, 2.75) is 5.37 Å². The molecule has 2 aromatic rings. The smallest absolute Gasteiger partial charge is 0.255 e. The molecular weight excluding hydrogens is 394 g/mol. The summed E-state index contributed by atoms with van der Waals surface area (Å²) in [6, 6.07) is 10.8. The number of hydrogen-bond acceptors (Lipinski definition) is 7. The maximum Gasteiger partial charge on any atom is 0.255 e. The number of methoxy groups -OCH3 is 4. The van der Waals surface area contributed by atoms with Crippen LogP contribution in [0.15, 0.2) is 36.4 Å². The standard InChI is InChI=1S/C21H25NO6S/c1-24-15-7-5-6-8-16(15)28-13-19-22(9-10-29-19)21(23)14-11-17(25-2)20(27-4)18(12-14)26-3/h5-8,11-12,19H,9-10,13H2,1-4H3. The molecule has 0 radical (unpaired) electrons. The van der Waals surface area contributed by atoms with Gasteiger partial charge in [-0.25, -0.2) is 0 Å². The largest absolute Gasteiger partial charge is 0.493 e. The number of para-hydroxylation sites is 2. The van der Waals surface area contributed by atoms with E-state index in [9.17, 15) is 4.79 Å². The minimum Gasteiger partial charge on any atom is -0.493 e. The normalized spacial score (nSPS) is 15.7. The molecule has 0 saturated carbocycles. The molecule has 2 aromatic carbocycles. The Labute approximate surface area is 174 Å². The molecule has 8 heteroatoms. The van der Waals surface area contributed by atoms with Crippen LogP contribution in [0.4, 0.5) is 0 Å². The van der Waals surface area contributed by atoms with Crippen molar-refractivity contribution in [3.05, 3.63) is 42.0 Å². The monoisotopic (exact) mass is 419 g/mol. The van der Waals surface area contributed by atoms with Crippen molar-refractivity contribution in [2.24, 2.45) is 0 Å². The second-order valence-corrected chi connectivity index (χ2v) is 7.49. The van der Waals surface area contributed by atoms with Gasteiger partial charge in [-0.05, 0) is 24.3 Å². The highest BCUT2D eigenvalue weighted by Crippen LogP contribution is 2.39. The molecule has 1 heterocycles. The van der Waals surface area contributed by atoms with Crippen molar-refractivity contribution < 1.29 is 28.5 Å². The first kappa shape index (κ1) is 21.0. The predicted molar refractivity (Wildman–Crippen MR) is 112 cm³/mol. The van der Waals surface area contributed by atoms with Gasteiger partial charge in [0.1, 0.15) is 12.0 Å². The fourth-order valence-electron chi connectivity index (χ4n) is 3.16. The topological polar surface area (TPSA) is 66.5 Å². The molecule has 1 aliphatic rings. The number of benzene rings is 2. The highest BCUT2D eigenvalue weighted by molar-refractivity contribution is 8.00. The number of hydrogen-bond donors (Lipinski definition) is 0. The molecule has 1 atom stereocenters. The van der Waals surface area contributed by atoms with E-state index >= 15 is 0 Å². The van der Waals surface area contributed by atoms with Crippen molar-refractivity contribution in [1.82, 2.24) is 4.90 Å². The SMILES string of the molecule is COc1ccccc1OCC1SCCN1C(=O)c1cc(OC)c(OC)c(OC)c1. The lowest BCUT2D eigenvalue weighted by Crippen LogP contribution is -2.38. The Morgan fingerprint density at radius 1 is 0.966 bits per heavy atom. The molecule has 1 fully saturated rings. The lowest BCUT2D eigenvalue weighted by molar-refractivity contribution is 0.0728. The van der Waals surface area contributed by atoms with Gasteiger partial charge in [0, 0.05) is 17.9 Å². The van der Waals surface area contributed by atoms with Crippen LogP contribution in [0.2, 0.25) is 0 Å². The summed E-state index contributed by atoms with van der Waals surface area (Å²) in [6.07, 6.45) is 0. The summed E-state index contributed by atoms with van der Waals surface area (Å²) in [5, 5.41) is -0.105. The minimum atomic E-state index is -0.108. The van der Waals surface area contributed by atoms with E-state index in [1.54, 1.807) is 35.9 Å². The molecule has 1 amide bonds. The Bertz CT molecular complexity index is 834. The molecule has 0 N–H and O–H groups in total. The van der Waals surface area contributed by atoms with Crippen molar-refractivity contribution in [2.75, 3.05) is 47.3 Å². The third kappa shape index (κ3) is 4.48. The first-order valence-electron chi connectivity index (χ1n) is 9.11. The van der Waals surface area contributed by atoms with Crippen LogP contribution in [-0.2, 0) is 0 Å². The third-order valence-corrected chi connectivity index (χ3v) is 5.81. The van der Waals surface area contributed by atoms with E-state index in [4.69, 9.17) is 23.7 Å². The Balaban J connectivity index is 1.78. The molecule has 1 unspecified atom stereocenters. The Kier molecular flexibility index (Phi) is 6.98. The molecule has 29 heavy (non-hydrogen) atoms. The van der Waals surface area contributed by atoms with E-state index in [-0.39, 0.29) is 11.3 Å². The summed E-state index contributed by atoms with van der Waals surface area (Å²) in [5.74, 6) is 3.41. The van der Waals surface area contributed by atoms with Crippen molar-refractivity contribution in [1.29, 1.82) is 0 Å². The average molecular weight is 419 g/mol. The van der Waals surface area contributed by atoms with Gasteiger partial charge < -0.3 is 28.6 Å². The molecule has 1 aliphatic heterocycles. The Hall–Kier alpha value is -2.74. The fraction of sp³-hybridized carbons (Fsp3) is 0.381. The molecule has 0 aromatic heterocycles. The maximum atomic E-state index is 13.2. The molecule has 3 rings (SSSR count). The van der Waals surface area contributed by atoms with E-state index in [1.807, 2.05) is 24.3 Å². The van der Waals surface area contributed by atoms with Gasteiger partial charge in [-0.1, -0.05) is 12.1 Å². The van der Waals surface area contributed by atoms with E-state index in [2.05, 4.69) is 0 Å². The Morgan fingerprint density at radius 3 is 2.17 bits per heavy atom. The number of carbonyl (C=O) groups excluding carboxylic acids is 1. The van der Waals surface area contributed by atoms with Crippen molar-refractivity contribution in [3.63, 3.8) is 0 Å². The van der Waals surface area contributed by atoms with Gasteiger partial charge in [0.2, 0.25) is 5.75 Å². The second-order valence-electron chi connectivity index (χ2n) is 6.20. The molecule has 0 bridgehead atoms. The van der Waals surface area contributed by atoms with Crippen LogP contribution in [0.5, 0.6) is 28.7 Å². The van der Waals surface area contributed by atoms with E-state index in [0.29, 0.717) is 47.5 Å². The number of nitrogens with zero attached hydrogens (tertiary/aromatic N) is 1. The molecule has 156 valence electrons. The van der Waals surface area contributed by atoms with Gasteiger partial charge in [-0.2, -0.15) is 0 Å². The predicted octanol–water partition coefficient (Wildman–Crippen LogP) is 3.32. The number of rotatable bonds is 8. The fourth-order valence-corrected chi connectivity index (χ4v) is 4.28. The lowest BCUT2D eigenvalue weighted by atomic mass is 10.1. The number of amides is 1. The van der Waals surface area contributed by atoms with E-state index < -0.39 is 0 Å². The maximum absolute atomic E-state index is 13.2. The van der Waals surface area contributed by atoms with E-state index in [1.165, 1.54) is 21.3 Å². The van der Waals surface area contributed by atoms with Crippen LogP contribution in [0, 0.1) is 0 Å². The van der Waals surface area contributed by atoms with Gasteiger partial charge in [0.15, 0.2) is 23.0 Å². The van der Waals surface area contributed by atoms with Crippen LogP contribution < -0.4 is 23.7 Å². The van der Waals surface area contributed by atoms with Gasteiger partial charge in [-0.15, -0.1) is 11.8 Å². The zero-order chi connectivity index (χ0) is 20.8. The van der Waals surface area contributed by atoms with Gasteiger partial charge in [0.25, 0.3) is 5.91 Å². The zero-order valence-corrected chi connectivity index (χ0v) is 17.8. The van der Waals surface area contributed by atoms with Crippen LogP contribution in [0.1, 0.15) is 10.4 Å². The Morgan fingerprint density at radius 2 is 1.59 bits per heavy atom. The quantitative estimate of drug-likeness (QED) is 0.650. The third-order valence-electron chi connectivity index (χ3n) is 4.61. The summed E-state index contributed by atoms with van der Waals surface area (Å²) in [4.78, 5) is 15.0. The van der Waals surface area contributed by atoms with Crippen LogP contribution >= 0.6 is 11.8 Å². The molecular formula is C21H25NO6S. The van der Waals surface area contributed by atoms with Crippen LogP contribution in [-0.4, -0.2) is 63.5 Å². The summed E-state index contributed by atoms with van der Waals surface area (Å²) in [6.45, 7) is 1.00. The molecule has 7 nitrogen and oxygen atoms in total. The van der Waals surface area contributed by atoms with Gasteiger partial charge in [-0.3, -0.25) is 4.79 Å². The summed E-state index contributed by atoms with van der Waals surface area (Å²) >= 11 is 1.69. The van der Waals surface area contributed by atoms with E-state index in [0.717, 1.165) is 5.75 Å². The zero-order valence-electron chi connectivity index (χ0n) is 17.0. The highest BCUT2D eigenvalue weighted by atomic mass is 32.2. The number of carbonyl (C=O) groups is 1. The minimum absolute atomic E-state index is 0.105. The van der Waals surface area contributed by atoms with Crippen molar-refractivity contribution >= 4 is 17.7 Å². The lowest BCUT2D eigenvalue weighted by Gasteiger charge is -2.25. The molecule has 0 spiro atoms. The average Bonchev–Trinajstić information content (AvgIpc) is 3.24. The molecule has 0 aliphatic carbocycles. The number of ether oxygens (including phenoxy) is 5. The van der Waals surface area contributed by atoms with Crippen LogP contribution in [0.25, 0.3) is 0 Å².